The molecule has 14 heavy (non-hydrogen) atoms. The van der Waals surface area contributed by atoms with Gasteiger partial charge in [0.05, 0.1) is 6.10 Å². The van der Waals surface area contributed by atoms with Gasteiger partial charge in [-0.15, -0.1) is 0 Å². The molecule has 0 spiro atoms. The van der Waals surface area contributed by atoms with Crippen LogP contribution < -0.4 is 5.73 Å². The van der Waals surface area contributed by atoms with E-state index in [1.807, 2.05) is 4.90 Å². The van der Waals surface area contributed by atoms with E-state index in [0.29, 0.717) is 12.5 Å². The van der Waals surface area contributed by atoms with E-state index in [0.717, 1.165) is 19.6 Å². The van der Waals surface area contributed by atoms with Gasteiger partial charge in [-0.05, 0) is 12.3 Å². The summed E-state index contributed by atoms with van der Waals surface area (Å²) in [6.07, 6.45) is 1.08. The molecule has 0 aromatic carbocycles. The van der Waals surface area contributed by atoms with Crippen molar-refractivity contribution < 1.29 is 9.94 Å². The number of oxime groups is 1. The largest absolute Gasteiger partial charge is 0.408 e. The lowest BCUT2D eigenvalue weighted by Crippen LogP contribution is -2.42. The Labute approximate surface area is 84.5 Å². The Morgan fingerprint density at radius 2 is 2.36 bits per heavy atom. The predicted molar refractivity (Wildman–Crippen MR) is 54.2 cm³/mol. The Morgan fingerprint density at radius 3 is 2.93 bits per heavy atom. The third-order valence-electron chi connectivity index (χ3n) is 2.47. The molecule has 0 amide bonds. The van der Waals surface area contributed by atoms with Crippen molar-refractivity contribution in [3.63, 3.8) is 0 Å². The van der Waals surface area contributed by atoms with Crippen molar-refractivity contribution in [3.8, 4) is 0 Å². The van der Waals surface area contributed by atoms with Crippen molar-refractivity contribution in [1.82, 2.24) is 4.90 Å². The molecule has 1 saturated heterocycles. The second-order valence-corrected chi connectivity index (χ2v) is 3.91. The monoisotopic (exact) mass is 201 g/mol. The highest BCUT2D eigenvalue weighted by Crippen LogP contribution is 2.12. The predicted octanol–water partition coefficient (Wildman–Crippen LogP) is 0.437. The molecule has 1 aliphatic heterocycles. The Bertz CT molecular complexity index is 206. The summed E-state index contributed by atoms with van der Waals surface area (Å²) in [4.78, 5) is 1.86. The molecule has 5 heteroatoms. The summed E-state index contributed by atoms with van der Waals surface area (Å²) in [7, 11) is 0. The molecule has 82 valence electrons. The zero-order chi connectivity index (χ0) is 10.6. The van der Waals surface area contributed by atoms with Crippen LogP contribution in [0.4, 0.5) is 0 Å². The van der Waals surface area contributed by atoms with Gasteiger partial charge in [0.2, 0.25) is 5.96 Å². The van der Waals surface area contributed by atoms with Crippen molar-refractivity contribution in [1.29, 1.82) is 0 Å². The number of guanidine groups is 1. The van der Waals surface area contributed by atoms with Gasteiger partial charge in [-0.25, -0.2) is 0 Å². The zero-order valence-corrected chi connectivity index (χ0v) is 8.81. The maximum Gasteiger partial charge on any atom is 0.233 e. The first-order valence-electron chi connectivity index (χ1n) is 4.99. The smallest absolute Gasteiger partial charge is 0.233 e. The Kier molecular flexibility index (Phi) is 4.00. The Hall–Kier alpha value is -0.970. The molecule has 5 nitrogen and oxygen atoms in total. The van der Waals surface area contributed by atoms with Gasteiger partial charge in [0.25, 0.3) is 0 Å². The molecule has 1 heterocycles. The lowest BCUT2D eigenvalue weighted by Gasteiger charge is -2.25. The van der Waals surface area contributed by atoms with Crippen LogP contribution in [0, 0.1) is 5.92 Å². The maximum absolute atomic E-state index is 8.58. The van der Waals surface area contributed by atoms with E-state index in [9.17, 15) is 0 Å². The fourth-order valence-electron chi connectivity index (χ4n) is 1.53. The van der Waals surface area contributed by atoms with Gasteiger partial charge in [-0.2, -0.15) is 0 Å². The van der Waals surface area contributed by atoms with Gasteiger partial charge in [-0.3, -0.25) is 0 Å². The number of ether oxygens (including phenoxy) is 1. The number of rotatable bonds is 1. The molecule has 0 radical (unpaired) electrons. The summed E-state index contributed by atoms with van der Waals surface area (Å²) in [6, 6.07) is 0. The van der Waals surface area contributed by atoms with Crippen LogP contribution >= 0.6 is 0 Å². The quantitative estimate of drug-likeness (QED) is 0.279. The van der Waals surface area contributed by atoms with E-state index in [1.54, 1.807) is 0 Å². The highest BCUT2D eigenvalue weighted by Gasteiger charge is 2.22. The molecular formula is C9H19N3O2. The molecular weight excluding hydrogens is 182 g/mol. The Balaban J connectivity index is 2.60. The molecule has 1 fully saturated rings. The van der Waals surface area contributed by atoms with E-state index in [2.05, 4.69) is 19.0 Å². The Morgan fingerprint density at radius 1 is 1.64 bits per heavy atom. The molecule has 0 bridgehead atoms. The fraction of sp³-hybridized carbons (Fsp3) is 0.889. The first-order chi connectivity index (χ1) is 6.65. The number of nitrogens with two attached hydrogens (primary N) is 1. The fourth-order valence-corrected chi connectivity index (χ4v) is 1.53. The second-order valence-electron chi connectivity index (χ2n) is 3.91. The van der Waals surface area contributed by atoms with Gasteiger partial charge in [0.1, 0.15) is 0 Å². The van der Waals surface area contributed by atoms with E-state index in [-0.39, 0.29) is 12.1 Å². The van der Waals surface area contributed by atoms with Gasteiger partial charge in [-0.1, -0.05) is 19.0 Å². The van der Waals surface area contributed by atoms with Crippen molar-refractivity contribution in [2.75, 3.05) is 19.7 Å². The summed E-state index contributed by atoms with van der Waals surface area (Å²) >= 11 is 0. The third kappa shape index (κ3) is 2.77. The average Bonchev–Trinajstić information content (AvgIpc) is 2.41. The average molecular weight is 201 g/mol. The van der Waals surface area contributed by atoms with Crippen LogP contribution in [-0.2, 0) is 4.74 Å². The maximum atomic E-state index is 8.58. The van der Waals surface area contributed by atoms with Gasteiger partial charge >= 0.3 is 0 Å². The van der Waals surface area contributed by atoms with Crippen LogP contribution in [0.1, 0.15) is 20.3 Å². The highest BCUT2D eigenvalue weighted by atomic mass is 16.5. The molecule has 0 saturated carbocycles. The number of hydrogen-bond donors (Lipinski definition) is 2. The summed E-state index contributed by atoms with van der Waals surface area (Å²) in [6.45, 7) is 6.46. The molecule has 1 unspecified atom stereocenters. The molecule has 1 atom stereocenters. The molecule has 1 aliphatic rings. The number of hydrogen-bond acceptors (Lipinski definition) is 3. The van der Waals surface area contributed by atoms with Gasteiger partial charge < -0.3 is 20.6 Å². The van der Waals surface area contributed by atoms with Crippen molar-refractivity contribution >= 4 is 5.96 Å². The zero-order valence-electron chi connectivity index (χ0n) is 8.81. The molecule has 0 aliphatic carbocycles. The first kappa shape index (κ1) is 11.1. The van der Waals surface area contributed by atoms with Crippen LogP contribution in [0.5, 0.6) is 0 Å². The van der Waals surface area contributed by atoms with Crippen LogP contribution in [0.25, 0.3) is 0 Å². The third-order valence-corrected chi connectivity index (χ3v) is 2.47. The van der Waals surface area contributed by atoms with Crippen LogP contribution in [0.3, 0.4) is 0 Å². The minimum Gasteiger partial charge on any atom is -0.408 e. The van der Waals surface area contributed by atoms with Gasteiger partial charge in [0.15, 0.2) is 0 Å². The molecule has 3 N–H and O–H groups in total. The van der Waals surface area contributed by atoms with Crippen molar-refractivity contribution in [3.05, 3.63) is 0 Å². The van der Waals surface area contributed by atoms with Crippen LogP contribution in [-0.4, -0.2) is 41.9 Å². The molecule has 0 aromatic rings. The van der Waals surface area contributed by atoms with Gasteiger partial charge in [0, 0.05) is 19.7 Å². The van der Waals surface area contributed by atoms with E-state index < -0.39 is 0 Å². The van der Waals surface area contributed by atoms with E-state index in [4.69, 9.17) is 15.7 Å². The van der Waals surface area contributed by atoms with Crippen molar-refractivity contribution in [2.45, 2.75) is 26.4 Å². The summed E-state index contributed by atoms with van der Waals surface area (Å²) < 4.78 is 5.66. The minimum atomic E-state index is 0.165. The lowest BCUT2D eigenvalue weighted by atomic mass is 10.1. The summed E-state index contributed by atoms with van der Waals surface area (Å²) in [5, 5.41) is 11.6. The van der Waals surface area contributed by atoms with Crippen LogP contribution in [0.15, 0.2) is 5.16 Å². The second kappa shape index (κ2) is 5.05. The normalized spacial score (nSPS) is 25.2. The topological polar surface area (TPSA) is 71.1 Å². The molecule has 0 aromatic heterocycles. The van der Waals surface area contributed by atoms with Crippen LogP contribution in [0.2, 0.25) is 0 Å². The summed E-state index contributed by atoms with van der Waals surface area (Å²) in [5.74, 6) is 0.628. The number of nitrogens with zero attached hydrogens (tertiary/aromatic N) is 2. The lowest BCUT2D eigenvalue weighted by molar-refractivity contribution is 0.0289. The highest BCUT2D eigenvalue weighted by molar-refractivity contribution is 5.77. The SMILES string of the molecule is CC(C)C1CN(/C(N)=N/O)CCCO1. The molecule has 1 rings (SSSR count). The minimum absolute atomic E-state index is 0.165. The summed E-state index contributed by atoms with van der Waals surface area (Å²) in [5.41, 5.74) is 5.55. The van der Waals surface area contributed by atoms with E-state index in [1.165, 1.54) is 0 Å². The first-order valence-corrected chi connectivity index (χ1v) is 4.99. The standard InChI is InChI=1S/C9H19N3O2/c1-7(2)8-6-12(9(10)11-13)4-3-5-14-8/h7-8,13H,3-6H2,1-2H3,(H2,10,11). The van der Waals surface area contributed by atoms with Crippen molar-refractivity contribution in [2.24, 2.45) is 16.8 Å². The van der Waals surface area contributed by atoms with E-state index >= 15 is 0 Å².